The van der Waals surface area contributed by atoms with E-state index in [1.807, 2.05) is 18.2 Å². The van der Waals surface area contributed by atoms with Gasteiger partial charge in [-0.1, -0.05) is 37.3 Å². The molecule has 2 rings (SSSR count). The van der Waals surface area contributed by atoms with Crippen LogP contribution in [0.1, 0.15) is 18.9 Å². The molecule has 0 amide bonds. The molecule has 0 spiro atoms. The van der Waals surface area contributed by atoms with Gasteiger partial charge in [-0.15, -0.1) is 0 Å². The van der Waals surface area contributed by atoms with Crippen LogP contribution in [-0.2, 0) is 20.8 Å². The van der Waals surface area contributed by atoms with Gasteiger partial charge in [0.25, 0.3) is 10.1 Å². The van der Waals surface area contributed by atoms with E-state index in [4.69, 9.17) is 4.18 Å². The average molecular weight is 283 g/mol. The van der Waals surface area contributed by atoms with Crippen LogP contribution in [0, 0.1) is 5.92 Å². The number of rotatable bonds is 4. The lowest BCUT2D eigenvalue weighted by atomic mass is 9.96. The Hall–Kier alpha value is -0.910. The fraction of sp³-hybridized carbons (Fsp3) is 0.571. The van der Waals surface area contributed by atoms with Crippen molar-refractivity contribution in [3.63, 3.8) is 0 Å². The topological polar surface area (TPSA) is 46.6 Å². The Morgan fingerprint density at radius 2 is 2.00 bits per heavy atom. The lowest BCUT2D eigenvalue weighted by Gasteiger charge is -2.36. The third kappa shape index (κ3) is 4.60. The van der Waals surface area contributed by atoms with Crippen LogP contribution in [0.15, 0.2) is 30.3 Å². The summed E-state index contributed by atoms with van der Waals surface area (Å²) in [5.74, 6) is 0.279. The zero-order valence-electron chi connectivity index (χ0n) is 11.5. The zero-order chi connectivity index (χ0) is 13.9. The Morgan fingerprint density at radius 3 is 2.63 bits per heavy atom. The molecule has 1 fully saturated rings. The molecule has 0 saturated carbocycles. The van der Waals surface area contributed by atoms with Crippen molar-refractivity contribution in [2.24, 2.45) is 5.92 Å². The SMILES string of the molecule is CC1CCN(Cc2ccccc2)CC1OS(C)(=O)=O. The second-order valence-corrected chi connectivity index (χ2v) is 6.93. The average Bonchev–Trinajstić information content (AvgIpc) is 2.33. The lowest BCUT2D eigenvalue weighted by Crippen LogP contribution is -2.44. The van der Waals surface area contributed by atoms with Gasteiger partial charge in [-0.25, -0.2) is 0 Å². The molecule has 1 aromatic carbocycles. The van der Waals surface area contributed by atoms with E-state index >= 15 is 0 Å². The highest BCUT2D eigenvalue weighted by Crippen LogP contribution is 2.22. The molecule has 1 heterocycles. The largest absolute Gasteiger partial charge is 0.296 e. The first-order valence-corrected chi connectivity index (χ1v) is 8.40. The van der Waals surface area contributed by atoms with Gasteiger partial charge < -0.3 is 0 Å². The smallest absolute Gasteiger partial charge is 0.264 e. The Bertz CT molecular complexity index is 501. The standard InChI is InChI=1S/C14H21NO3S/c1-12-8-9-15(10-13-6-4-3-5-7-13)11-14(12)18-19(2,16)17/h3-7,12,14H,8-11H2,1-2H3. The molecular weight excluding hydrogens is 262 g/mol. The van der Waals surface area contributed by atoms with Gasteiger partial charge in [-0.3, -0.25) is 9.08 Å². The third-order valence-corrected chi connectivity index (χ3v) is 4.12. The number of benzene rings is 1. The fourth-order valence-electron chi connectivity index (χ4n) is 2.43. The van der Waals surface area contributed by atoms with Gasteiger partial charge in [0, 0.05) is 13.1 Å². The summed E-state index contributed by atoms with van der Waals surface area (Å²) in [5.41, 5.74) is 1.25. The Labute approximate surface area is 115 Å². The maximum Gasteiger partial charge on any atom is 0.264 e. The molecule has 0 radical (unpaired) electrons. The second kappa shape index (κ2) is 6.03. The highest BCUT2D eigenvalue weighted by Gasteiger charge is 2.29. The first kappa shape index (κ1) is 14.5. The number of hydrogen-bond donors (Lipinski definition) is 0. The molecule has 106 valence electrons. The van der Waals surface area contributed by atoms with Crippen LogP contribution in [0.3, 0.4) is 0 Å². The molecule has 1 aromatic rings. The van der Waals surface area contributed by atoms with Gasteiger partial charge in [0.05, 0.1) is 12.4 Å². The molecule has 5 heteroatoms. The molecule has 4 nitrogen and oxygen atoms in total. The van der Waals surface area contributed by atoms with Crippen molar-refractivity contribution >= 4 is 10.1 Å². The normalized spacial score (nSPS) is 25.4. The molecular formula is C14H21NO3S. The monoisotopic (exact) mass is 283 g/mol. The maximum absolute atomic E-state index is 11.3. The number of nitrogens with zero attached hydrogens (tertiary/aromatic N) is 1. The second-order valence-electron chi connectivity index (χ2n) is 5.33. The highest BCUT2D eigenvalue weighted by atomic mass is 32.2. The fourth-order valence-corrected chi connectivity index (χ4v) is 3.13. The van der Waals surface area contributed by atoms with Crippen molar-refractivity contribution in [1.29, 1.82) is 0 Å². The van der Waals surface area contributed by atoms with Crippen molar-refractivity contribution in [2.75, 3.05) is 19.3 Å². The molecule has 0 aromatic heterocycles. The van der Waals surface area contributed by atoms with Crippen molar-refractivity contribution in [3.8, 4) is 0 Å². The zero-order valence-corrected chi connectivity index (χ0v) is 12.3. The van der Waals surface area contributed by atoms with Gasteiger partial charge in [0.15, 0.2) is 0 Å². The summed E-state index contributed by atoms with van der Waals surface area (Å²) in [6.07, 6.45) is 1.86. The van der Waals surface area contributed by atoms with Crippen LogP contribution in [0.4, 0.5) is 0 Å². The van der Waals surface area contributed by atoms with E-state index in [2.05, 4.69) is 24.0 Å². The van der Waals surface area contributed by atoms with E-state index < -0.39 is 10.1 Å². The highest BCUT2D eigenvalue weighted by molar-refractivity contribution is 7.86. The van der Waals surface area contributed by atoms with E-state index in [1.54, 1.807) is 0 Å². The molecule has 2 unspecified atom stereocenters. The minimum atomic E-state index is -3.38. The predicted molar refractivity (Wildman–Crippen MR) is 75.2 cm³/mol. The Kier molecular flexibility index (Phi) is 4.60. The number of hydrogen-bond acceptors (Lipinski definition) is 4. The molecule has 0 bridgehead atoms. The van der Waals surface area contributed by atoms with E-state index in [9.17, 15) is 8.42 Å². The van der Waals surface area contributed by atoms with Gasteiger partial charge in [0.1, 0.15) is 0 Å². The third-order valence-electron chi connectivity index (χ3n) is 3.52. The van der Waals surface area contributed by atoms with E-state index in [-0.39, 0.29) is 12.0 Å². The molecule has 2 atom stereocenters. The van der Waals surface area contributed by atoms with Crippen LogP contribution in [0.25, 0.3) is 0 Å². The van der Waals surface area contributed by atoms with Gasteiger partial charge in [-0.2, -0.15) is 8.42 Å². The molecule has 19 heavy (non-hydrogen) atoms. The van der Waals surface area contributed by atoms with Crippen LogP contribution in [-0.4, -0.2) is 38.8 Å². The van der Waals surface area contributed by atoms with Crippen LogP contribution in [0.2, 0.25) is 0 Å². The van der Waals surface area contributed by atoms with Crippen molar-refractivity contribution in [2.45, 2.75) is 26.0 Å². The van der Waals surface area contributed by atoms with E-state index in [1.165, 1.54) is 5.56 Å². The summed E-state index contributed by atoms with van der Waals surface area (Å²) in [6.45, 7) is 4.55. The van der Waals surface area contributed by atoms with Gasteiger partial charge in [-0.05, 0) is 24.4 Å². The number of likely N-dealkylation sites (tertiary alicyclic amines) is 1. The van der Waals surface area contributed by atoms with Crippen molar-refractivity contribution < 1.29 is 12.6 Å². The van der Waals surface area contributed by atoms with E-state index in [0.717, 1.165) is 25.8 Å². The lowest BCUT2D eigenvalue weighted by molar-refractivity contribution is 0.0484. The van der Waals surface area contributed by atoms with Crippen LogP contribution in [0.5, 0.6) is 0 Å². The molecule has 0 aliphatic carbocycles. The summed E-state index contributed by atoms with van der Waals surface area (Å²) in [5, 5.41) is 0. The summed E-state index contributed by atoms with van der Waals surface area (Å²) >= 11 is 0. The summed E-state index contributed by atoms with van der Waals surface area (Å²) in [7, 11) is -3.38. The maximum atomic E-state index is 11.3. The Morgan fingerprint density at radius 1 is 1.32 bits per heavy atom. The van der Waals surface area contributed by atoms with Crippen molar-refractivity contribution in [1.82, 2.24) is 4.90 Å². The predicted octanol–water partition coefficient (Wildman–Crippen LogP) is 1.87. The molecule has 1 saturated heterocycles. The first-order valence-electron chi connectivity index (χ1n) is 6.58. The minimum absolute atomic E-state index is 0.229. The summed E-state index contributed by atoms with van der Waals surface area (Å²) < 4.78 is 27.7. The minimum Gasteiger partial charge on any atom is -0.296 e. The van der Waals surface area contributed by atoms with Crippen LogP contribution < -0.4 is 0 Å². The quantitative estimate of drug-likeness (QED) is 0.792. The van der Waals surface area contributed by atoms with Gasteiger partial charge in [0.2, 0.25) is 0 Å². The van der Waals surface area contributed by atoms with Crippen molar-refractivity contribution in [3.05, 3.63) is 35.9 Å². The summed E-state index contributed by atoms with van der Waals surface area (Å²) in [6, 6.07) is 10.2. The molecule has 1 aliphatic heterocycles. The van der Waals surface area contributed by atoms with E-state index in [0.29, 0.717) is 6.54 Å². The Balaban J connectivity index is 1.97. The molecule has 0 N–H and O–H groups in total. The molecule has 1 aliphatic rings. The summed E-state index contributed by atoms with van der Waals surface area (Å²) in [4.78, 5) is 2.26. The number of piperidine rings is 1. The van der Waals surface area contributed by atoms with Crippen LogP contribution >= 0.6 is 0 Å². The first-order chi connectivity index (χ1) is 8.94. The van der Waals surface area contributed by atoms with Gasteiger partial charge >= 0.3 is 0 Å².